The summed E-state index contributed by atoms with van der Waals surface area (Å²) in [4.78, 5) is 22.1. The zero-order valence-corrected chi connectivity index (χ0v) is 18.0. The first kappa shape index (κ1) is 20.6. The van der Waals surface area contributed by atoms with Crippen LogP contribution in [-0.4, -0.2) is 42.4 Å². The Morgan fingerprint density at radius 2 is 1.81 bits per heavy atom. The molecule has 3 heterocycles. The molecule has 1 aromatic heterocycles. The second-order valence-electron chi connectivity index (χ2n) is 8.36. The Hall–Kier alpha value is -3.26. The van der Waals surface area contributed by atoms with Gasteiger partial charge >= 0.3 is 0 Å². The monoisotopic (exact) mass is 437 g/mol. The Morgan fingerprint density at radius 1 is 1.06 bits per heavy atom. The predicted molar refractivity (Wildman–Crippen MR) is 116 cm³/mol. The molecule has 2 aromatic carbocycles. The van der Waals surface area contributed by atoms with Crippen molar-refractivity contribution in [3.05, 3.63) is 58.7 Å². The molecule has 0 bridgehead atoms. The minimum absolute atomic E-state index is 0.184. The number of rotatable bonds is 4. The summed E-state index contributed by atoms with van der Waals surface area (Å²) in [5, 5.41) is 3.03. The van der Waals surface area contributed by atoms with Crippen molar-refractivity contribution >= 4 is 16.9 Å². The Kier molecular flexibility index (Phi) is 5.17. The van der Waals surface area contributed by atoms with E-state index < -0.39 is 5.82 Å². The van der Waals surface area contributed by atoms with E-state index in [0.29, 0.717) is 47.9 Å². The van der Waals surface area contributed by atoms with Crippen LogP contribution in [0, 0.1) is 19.7 Å². The summed E-state index contributed by atoms with van der Waals surface area (Å²) < 4.78 is 30.8. The van der Waals surface area contributed by atoms with Gasteiger partial charge in [0.1, 0.15) is 11.3 Å². The first-order chi connectivity index (χ1) is 15.4. The standard InChI is InChI=1S/C24H24FN3O4/c1-14-15(2)28-22-18(10-17(25)11-19(22)27-14)23(29)26-12-24(5-7-30-8-6-24)16-3-4-20-21(9-16)32-13-31-20/h3-4,9-11H,5-8,12-13H2,1-2H3,(H,26,29). The summed E-state index contributed by atoms with van der Waals surface area (Å²) in [7, 11) is 0. The maximum Gasteiger partial charge on any atom is 0.253 e. The smallest absolute Gasteiger partial charge is 0.253 e. The van der Waals surface area contributed by atoms with Crippen molar-refractivity contribution in [2.45, 2.75) is 32.1 Å². The predicted octanol–water partition coefficient (Wildman–Crippen LogP) is 3.59. The lowest BCUT2D eigenvalue weighted by molar-refractivity contribution is 0.0486. The zero-order valence-electron chi connectivity index (χ0n) is 18.0. The number of benzene rings is 2. The van der Waals surface area contributed by atoms with E-state index in [0.717, 1.165) is 24.2 Å². The van der Waals surface area contributed by atoms with E-state index in [-0.39, 0.29) is 23.7 Å². The van der Waals surface area contributed by atoms with Gasteiger partial charge in [-0.1, -0.05) is 6.07 Å². The first-order valence-electron chi connectivity index (χ1n) is 10.7. The van der Waals surface area contributed by atoms with Crippen molar-refractivity contribution < 1.29 is 23.4 Å². The van der Waals surface area contributed by atoms with Crippen LogP contribution in [-0.2, 0) is 10.2 Å². The van der Waals surface area contributed by atoms with Crippen LogP contribution in [0.15, 0.2) is 30.3 Å². The number of nitrogens with zero attached hydrogens (tertiary/aromatic N) is 2. The van der Waals surface area contributed by atoms with Crippen LogP contribution in [0.1, 0.15) is 40.2 Å². The van der Waals surface area contributed by atoms with Gasteiger partial charge in [0.15, 0.2) is 11.5 Å². The number of halogens is 1. The van der Waals surface area contributed by atoms with Crippen molar-refractivity contribution in [1.82, 2.24) is 15.3 Å². The number of aryl methyl sites for hydroxylation is 2. The molecule has 0 aliphatic carbocycles. The highest BCUT2D eigenvalue weighted by atomic mass is 19.1. The molecule has 8 heteroatoms. The Bertz CT molecular complexity index is 1210. The maximum atomic E-state index is 14.3. The van der Waals surface area contributed by atoms with Gasteiger partial charge in [0, 0.05) is 31.2 Å². The SMILES string of the molecule is Cc1nc2cc(F)cc(C(=O)NCC3(c4ccc5c(c4)OCO5)CCOCC3)c2nc1C. The number of ether oxygens (including phenoxy) is 3. The van der Waals surface area contributed by atoms with E-state index >= 15 is 0 Å². The van der Waals surface area contributed by atoms with Crippen molar-refractivity contribution in [1.29, 1.82) is 0 Å². The molecule has 1 amide bonds. The molecule has 166 valence electrons. The third-order valence-corrected chi connectivity index (χ3v) is 6.41. The lowest BCUT2D eigenvalue weighted by Crippen LogP contribution is -2.44. The summed E-state index contributed by atoms with van der Waals surface area (Å²) in [5.41, 5.74) is 3.10. The molecule has 0 spiro atoms. The molecule has 7 nitrogen and oxygen atoms in total. The normalized spacial score (nSPS) is 16.8. The largest absolute Gasteiger partial charge is 0.454 e. The van der Waals surface area contributed by atoms with Crippen LogP contribution in [0.3, 0.4) is 0 Å². The van der Waals surface area contributed by atoms with Crippen molar-refractivity contribution in [3.8, 4) is 11.5 Å². The molecule has 0 saturated carbocycles. The summed E-state index contributed by atoms with van der Waals surface area (Å²) in [6.45, 7) is 5.41. The van der Waals surface area contributed by atoms with E-state index in [1.807, 2.05) is 32.0 Å². The number of hydrogen-bond donors (Lipinski definition) is 1. The molecular weight excluding hydrogens is 413 g/mol. The lowest BCUT2D eigenvalue weighted by Gasteiger charge is -2.38. The van der Waals surface area contributed by atoms with Crippen LogP contribution in [0.4, 0.5) is 4.39 Å². The molecule has 2 aliphatic heterocycles. The number of hydrogen-bond acceptors (Lipinski definition) is 6. The van der Waals surface area contributed by atoms with E-state index in [4.69, 9.17) is 14.2 Å². The molecule has 2 aliphatic rings. The summed E-state index contributed by atoms with van der Waals surface area (Å²) >= 11 is 0. The second kappa shape index (κ2) is 8.02. The molecule has 1 fully saturated rings. The van der Waals surface area contributed by atoms with E-state index in [2.05, 4.69) is 15.3 Å². The number of amides is 1. The van der Waals surface area contributed by atoms with Gasteiger partial charge in [0.05, 0.1) is 22.5 Å². The van der Waals surface area contributed by atoms with Gasteiger partial charge in [0.25, 0.3) is 5.91 Å². The third-order valence-electron chi connectivity index (χ3n) is 6.41. The Labute approximate surface area is 184 Å². The lowest BCUT2D eigenvalue weighted by atomic mass is 9.74. The van der Waals surface area contributed by atoms with Crippen LogP contribution >= 0.6 is 0 Å². The fourth-order valence-corrected chi connectivity index (χ4v) is 4.37. The number of aromatic nitrogens is 2. The van der Waals surface area contributed by atoms with Crippen molar-refractivity contribution in [3.63, 3.8) is 0 Å². The minimum atomic E-state index is -0.517. The van der Waals surface area contributed by atoms with Gasteiger partial charge in [-0.3, -0.25) is 4.79 Å². The molecule has 3 aromatic rings. The minimum Gasteiger partial charge on any atom is -0.454 e. The number of carbonyl (C=O) groups is 1. The van der Waals surface area contributed by atoms with E-state index in [1.54, 1.807) is 0 Å². The summed E-state index contributed by atoms with van der Waals surface area (Å²) in [6, 6.07) is 8.42. The van der Waals surface area contributed by atoms with Crippen LogP contribution in [0.2, 0.25) is 0 Å². The quantitative estimate of drug-likeness (QED) is 0.672. The Morgan fingerprint density at radius 3 is 2.62 bits per heavy atom. The molecule has 1 saturated heterocycles. The molecule has 1 N–H and O–H groups in total. The highest BCUT2D eigenvalue weighted by molar-refractivity contribution is 6.04. The van der Waals surface area contributed by atoms with Crippen LogP contribution in [0.25, 0.3) is 11.0 Å². The fraction of sp³-hybridized carbons (Fsp3) is 0.375. The summed E-state index contributed by atoms with van der Waals surface area (Å²) in [6.07, 6.45) is 1.49. The molecule has 32 heavy (non-hydrogen) atoms. The fourth-order valence-electron chi connectivity index (χ4n) is 4.37. The number of fused-ring (bicyclic) bond motifs is 2. The third kappa shape index (κ3) is 3.64. The van der Waals surface area contributed by atoms with Crippen LogP contribution < -0.4 is 14.8 Å². The highest BCUT2D eigenvalue weighted by Gasteiger charge is 2.36. The number of carbonyl (C=O) groups excluding carboxylic acids is 1. The molecule has 0 radical (unpaired) electrons. The zero-order chi connectivity index (χ0) is 22.3. The average Bonchev–Trinajstić information content (AvgIpc) is 3.27. The van der Waals surface area contributed by atoms with Gasteiger partial charge < -0.3 is 19.5 Å². The van der Waals surface area contributed by atoms with Gasteiger partial charge in [-0.15, -0.1) is 0 Å². The number of nitrogens with one attached hydrogen (secondary N) is 1. The van der Waals surface area contributed by atoms with Gasteiger partial charge in [-0.25, -0.2) is 14.4 Å². The molecule has 0 atom stereocenters. The maximum absolute atomic E-state index is 14.3. The van der Waals surface area contributed by atoms with E-state index in [9.17, 15) is 9.18 Å². The van der Waals surface area contributed by atoms with E-state index in [1.165, 1.54) is 12.1 Å². The van der Waals surface area contributed by atoms with Crippen molar-refractivity contribution in [2.75, 3.05) is 26.6 Å². The molecule has 5 rings (SSSR count). The van der Waals surface area contributed by atoms with Gasteiger partial charge in [-0.05, 0) is 50.5 Å². The second-order valence-corrected chi connectivity index (χ2v) is 8.36. The van der Waals surface area contributed by atoms with Crippen LogP contribution in [0.5, 0.6) is 11.5 Å². The topological polar surface area (TPSA) is 82.6 Å². The molecular formula is C24H24FN3O4. The highest BCUT2D eigenvalue weighted by Crippen LogP contribution is 2.40. The average molecular weight is 437 g/mol. The Balaban J connectivity index is 1.45. The van der Waals surface area contributed by atoms with Gasteiger partial charge in [0.2, 0.25) is 6.79 Å². The summed E-state index contributed by atoms with van der Waals surface area (Å²) in [5.74, 6) is 0.530. The van der Waals surface area contributed by atoms with Crippen molar-refractivity contribution in [2.24, 2.45) is 0 Å². The van der Waals surface area contributed by atoms with Gasteiger partial charge in [-0.2, -0.15) is 0 Å². The molecule has 0 unspecified atom stereocenters. The first-order valence-corrected chi connectivity index (χ1v) is 10.7.